The van der Waals surface area contributed by atoms with Gasteiger partial charge in [0, 0.05) is 18.3 Å². The number of hydrogen-bond donors (Lipinski definition) is 1. The first-order chi connectivity index (χ1) is 14.0. The molecule has 7 nitrogen and oxygen atoms in total. The van der Waals surface area contributed by atoms with Gasteiger partial charge < -0.3 is 19.5 Å². The lowest BCUT2D eigenvalue weighted by atomic mass is 10.2. The first kappa shape index (κ1) is 18.9. The van der Waals surface area contributed by atoms with Crippen LogP contribution in [0.25, 0.3) is 11.4 Å². The largest absolute Gasteiger partial charge is 0.497 e. The standard InChI is InChI=1S/C20H18F2N4O3/c1-28-14-7-5-13(6-8-14)23-20(27)26-10-2-3-17(26)19-24-18(25-29-19)15-9-4-12(21)11-16(15)22/h4-9,11,17H,2-3,10H2,1H3,(H,23,27)/t17-/m0/s1. The second-order valence-electron chi connectivity index (χ2n) is 6.59. The predicted molar refractivity (Wildman–Crippen MR) is 100 cm³/mol. The molecule has 4 rings (SSSR count). The van der Waals surface area contributed by atoms with E-state index in [0.29, 0.717) is 24.4 Å². The van der Waals surface area contributed by atoms with Crippen molar-refractivity contribution in [2.45, 2.75) is 18.9 Å². The third kappa shape index (κ3) is 3.89. The summed E-state index contributed by atoms with van der Waals surface area (Å²) in [6.45, 7) is 0.523. The number of aromatic nitrogens is 2. The van der Waals surface area contributed by atoms with E-state index in [0.717, 1.165) is 18.6 Å². The van der Waals surface area contributed by atoms with Crippen molar-refractivity contribution in [3.05, 3.63) is 60.0 Å². The van der Waals surface area contributed by atoms with Crippen molar-refractivity contribution < 1.29 is 22.8 Å². The lowest BCUT2D eigenvalue weighted by Gasteiger charge is -2.22. The Labute approximate surface area is 165 Å². The normalized spacial score (nSPS) is 16.1. The fourth-order valence-electron chi connectivity index (χ4n) is 3.29. The van der Waals surface area contributed by atoms with Gasteiger partial charge in [0.25, 0.3) is 0 Å². The van der Waals surface area contributed by atoms with Crippen LogP contribution in [0.4, 0.5) is 19.3 Å². The van der Waals surface area contributed by atoms with Crippen LogP contribution >= 0.6 is 0 Å². The van der Waals surface area contributed by atoms with Crippen molar-refractivity contribution in [3.63, 3.8) is 0 Å². The molecular weight excluding hydrogens is 382 g/mol. The fourth-order valence-corrected chi connectivity index (χ4v) is 3.29. The Kier molecular flexibility index (Phi) is 5.11. The van der Waals surface area contributed by atoms with Crippen molar-refractivity contribution in [2.24, 2.45) is 0 Å². The molecule has 0 saturated carbocycles. The van der Waals surface area contributed by atoms with Crippen LogP contribution in [0.3, 0.4) is 0 Å². The molecular formula is C20H18F2N4O3. The van der Waals surface area contributed by atoms with Crippen molar-refractivity contribution >= 4 is 11.7 Å². The van der Waals surface area contributed by atoms with Gasteiger partial charge in [-0.2, -0.15) is 4.98 Å². The second kappa shape index (κ2) is 7.86. The molecule has 2 amide bonds. The topological polar surface area (TPSA) is 80.5 Å². The minimum Gasteiger partial charge on any atom is -0.497 e. The summed E-state index contributed by atoms with van der Waals surface area (Å²) >= 11 is 0. The Morgan fingerprint density at radius 1 is 1.24 bits per heavy atom. The Hall–Kier alpha value is -3.49. The highest BCUT2D eigenvalue weighted by atomic mass is 19.1. The summed E-state index contributed by atoms with van der Waals surface area (Å²) in [4.78, 5) is 18.6. The van der Waals surface area contributed by atoms with E-state index < -0.39 is 17.7 Å². The highest BCUT2D eigenvalue weighted by Crippen LogP contribution is 2.33. The van der Waals surface area contributed by atoms with E-state index in [2.05, 4.69) is 15.5 Å². The Balaban J connectivity index is 1.50. The van der Waals surface area contributed by atoms with E-state index >= 15 is 0 Å². The van der Waals surface area contributed by atoms with E-state index in [4.69, 9.17) is 9.26 Å². The molecule has 1 N–H and O–H groups in total. The Bertz CT molecular complexity index is 1020. The van der Waals surface area contributed by atoms with Crippen LogP contribution in [0.1, 0.15) is 24.8 Å². The highest BCUT2D eigenvalue weighted by molar-refractivity contribution is 5.89. The number of amides is 2. The lowest BCUT2D eigenvalue weighted by Crippen LogP contribution is -2.34. The van der Waals surface area contributed by atoms with Gasteiger partial charge in [0.1, 0.15) is 23.4 Å². The maximum absolute atomic E-state index is 14.0. The number of nitrogens with zero attached hydrogens (tertiary/aromatic N) is 3. The van der Waals surface area contributed by atoms with Gasteiger partial charge in [0.15, 0.2) is 0 Å². The van der Waals surface area contributed by atoms with Crippen molar-refractivity contribution in [1.29, 1.82) is 0 Å². The van der Waals surface area contributed by atoms with Crippen LogP contribution in [0.2, 0.25) is 0 Å². The number of urea groups is 1. The predicted octanol–water partition coefficient (Wildman–Crippen LogP) is 4.39. The Morgan fingerprint density at radius 3 is 2.76 bits per heavy atom. The summed E-state index contributed by atoms with van der Waals surface area (Å²) in [5.41, 5.74) is 0.662. The fraction of sp³-hybridized carbons (Fsp3) is 0.250. The van der Waals surface area contributed by atoms with Gasteiger partial charge in [0.05, 0.1) is 12.7 Å². The second-order valence-corrected chi connectivity index (χ2v) is 6.59. The number of methoxy groups -OCH3 is 1. The van der Waals surface area contributed by atoms with Gasteiger partial charge in [-0.25, -0.2) is 13.6 Å². The number of hydrogen-bond acceptors (Lipinski definition) is 5. The molecule has 9 heteroatoms. The maximum Gasteiger partial charge on any atom is 0.322 e. The zero-order chi connectivity index (χ0) is 20.4. The molecule has 2 heterocycles. The van der Waals surface area contributed by atoms with Gasteiger partial charge in [-0.05, 0) is 49.2 Å². The molecule has 29 heavy (non-hydrogen) atoms. The first-order valence-corrected chi connectivity index (χ1v) is 9.06. The number of ether oxygens (including phenoxy) is 1. The van der Waals surface area contributed by atoms with Crippen molar-refractivity contribution in [2.75, 3.05) is 19.0 Å². The minimum atomic E-state index is -0.780. The molecule has 0 unspecified atom stereocenters. The van der Waals surface area contributed by atoms with Gasteiger partial charge >= 0.3 is 6.03 Å². The zero-order valence-corrected chi connectivity index (χ0v) is 15.6. The number of rotatable bonds is 4. The SMILES string of the molecule is COc1ccc(NC(=O)N2CCC[C@H]2c2nc(-c3ccc(F)cc3F)no2)cc1. The van der Waals surface area contributed by atoms with Crippen LogP contribution in [0.15, 0.2) is 47.0 Å². The molecule has 1 aliphatic rings. The number of anilines is 1. The van der Waals surface area contributed by atoms with Crippen LogP contribution in [0.5, 0.6) is 5.75 Å². The number of carbonyl (C=O) groups excluding carboxylic acids is 1. The summed E-state index contributed by atoms with van der Waals surface area (Å²) < 4.78 is 37.5. The molecule has 1 fully saturated rings. The molecule has 2 aromatic carbocycles. The Morgan fingerprint density at radius 2 is 2.03 bits per heavy atom. The van der Waals surface area contributed by atoms with Crippen LogP contribution < -0.4 is 10.1 Å². The van der Waals surface area contributed by atoms with Crippen molar-refractivity contribution in [1.82, 2.24) is 15.0 Å². The molecule has 150 valence electrons. The zero-order valence-electron chi connectivity index (χ0n) is 15.6. The van der Waals surface area contributed by atoms with Gasteiger partial charge in [-0.3, -0.25) is 0 Å². The van der Waals surface area contributed by atoms with Gasteiger partial charge in [-0.15, -0.1) is 0 Å². The number of halogens is 2. The van der Waals surface area contributed by atoms with Crippen molar-refractivity contribution in [3.8, 4) is 17.1 Å². The molecule has 3 aromatic rings. The van der Waals surface area contributed by atoms with E-state index in [1.807, 2.05) is 0 Å². The highest BCUT2D eigenvalue weighted by Gasteiger charge is 2.34. The average molecular weight is 400 g/mol. The smallest absolute Gasteiger partial charge is 0.322 e. The molecule has 0 radical (unpaired) electrons. The number of benzene rings is 2. The van der Waals surface area contributed by atoms with Crippen LogP contribution in [-0.4, -0.2) is 34.7 Å². The number of carbonyl (C=O) groups is 1. The summed E-state index contributed by atoms with van der Waals surface area (Å²) in [7, 11) is 1.57. The minimum absolute atomic E-state index is 0.0138. The van der Waals surface area contributed by atoms with Gasteiger partial charge in [-0.1, -0.05) is 5.16 Å². The molecule has 0 bridgehead atoms. The molecule has 1 aliphatic heterocycles. The molecule has 0 aliphatic carbocycles. The maximum atomic E-state index is 14.0. The van der Waals surface area contributed by atoms with E-state index in [-0.39, 0.29) is 23.3 Å². The van der Waals surface area contributed by atoms with E-state index in [1.165, 1.54) is 6.07 Å². The number of nitrogens with one attached hydrogen (secondary N) is 1. The molecule has 1 saturated heterocycles. The number of likely N-dealkylation sites (tertiary alicyclic amines) is 1. The summed E-state index contributed by atoms with van der Waals surface area (Å²) in [5, 5.41) is 6.63. The van der Waals surface area contributed by atoms with E-state index in [9.17, 15) is 13.6 Å². The summed E-state index contributed by atoms with van der Waals surface area (Å²) in [5.74, 6) is -0.551. The molecule has 0 spiro atoms. The third-order valence-corrected chi connectivity index (χ3v) is 4.75. The molecule has 1 aromatic heterocycles. The molecule has 1 atom stereocenters. The lowest BCUT2D eigenvalue weighted by molar-refractivity contribution is 0.193. The van der Waals surface area contributed by atoms with E-state index in [1.54, 1.807) is 36.3 Å². The van der Waals surface area contributed by atoms with Gasteiger partial charge in [0.2, 0.25) is 11.7 Å². The van der Waals surface area contributed by atoms with Crippen LogP contribution in [0, 0.1) is 11.6 Å². The first-order valence-electron chi connectivity index (χ1n) is 9.06. The summed E-state index contributed by atoms with van der Waals surface area (Å²) in [6, 6.07) is 9.39. The average Bonchev–Trinajstić information content (AvgIpc) is 3.38. The third-order valence-electron chi connectivity index (χ3n) is 4.75. The monoisotopic (exact) mass is 400 g/mol. The quantitative estimate of drug-likeness (QED) is 0.702. The summed E-state index contributed by atoms with van der Waals surface area (Å²) in [6.07, 6.45) is 1.41. The van der Waals surface area contributed by atoms with Crippen LogP contribution in [-0.2, 0) is 0 Å².